The van der Waals surface area contributed by atoms with Crippen LogP contribution in [0.25, 0.3) is 0 Å². The lowest BCUT2D eigenvalue weighted by Crippen LogP contribution is -2.71. The molecule has 0 atom stereocenters. The van der Waals surface area contributed by atoms with Crippen molar-refractivity contribution < 1.29 is 0 Å². The summed E-state index contributed by atoms with van der Waals surface area (Å²) in [6.45, 7) is 17.3. The zero-order valence-corrected chi connectivity index (χ0v) is 10.4. The summed E-state index contributed by atoms with van der Waals surface area (Å²) in [6.07, 6.45) is 1.10. The molecule has 2 aliphatic heterocycles. The minimum atomic E-state index is 0.646. The largest absolute Gasteiger partial charge is 0.374 e. The predicted octanol–water partition coefficient (Wildman–Crippen LogP) is 2.18. The molecule has 0 aliphatic carbocycles. The summed E-state index contributed by atoms with van der Waals surface area (Å²) < 4.78 is 0. The molecule has 0 aromatic heterocycles. The molecule has 2 heterocycles. The SMILES string of the molecule is C=C(CC)N1CC2(CN(CC(C)C)C2)C1. The second-order valence-corrected chi connectivity index (χ2v) is 5.84. The Labute approximate surface area is 93.9 Å². The van der Waals surface area contributed by atoms with E-state index in [2.05, 4.69) is 37.1 Å². The van der Waals surface area contributed by atoms with Gasteiger partial charge in [0, 0.05) is 43.8 Å². The molecule has 2 heteroatoms. The van der Waals surface area contributed by atoms with Crippen molar-refractivity contribution in [2.75, 3.05) is 32.7 Å². The van der Waals surface area contributed by atoms with Crippen LogP contribution in [0.15, 0.2) is 12.3 Å². The third-order valence-corrected chi connectivity index (χ3v) is 3.65. The fourth-order valence-corrected chi connectivity index (χ4v) is 2.96. The lowest BCUT2D eigenvalue weighted by Gasteiger charge is -2.61. The van der Waals surface area contributed by atoms with E-state index in [1.165, 1.54) is 38.4 Å². The maximum Gasteiger partial charge on any atom is 0.0308 e. The molecule has 0 aromatic rings. The number of likely N-dealkylation sites (tertiary alicyclic amines) is 2. The van der Waals surface area contributed by atoms with Crippen LogP contribution in [0.3, 0.4) is 0 Å². The molecule has 0 bridgehead atoms. The molecule has 86 valence electrons. The first-order chi connectivity index (χ1) is 7.04. The first-order valence-electron chi connectivity index (χ1n) is 6.20. The molecule has 2 aliphatic rings. The van der Waals surface area contributed by atoms with Crippen molar-refractivity contribution in [2.24, 2.45) is 11.3 Å². The van der Waals surface area contributed by atoms with Gasteiger partial charge in [-0.15, -0.1) is 0 Å². The van der Waals surface area contributed by atoms with E-state index in [-0.39, 0.29) is 0 Å². The summed E-state index contributed by atoms with van der Waals surface area (Å²) >= 11 is 0. The average molecular weight is 208 g/mol. The third kappa shape index (κ3) is 2.05. The summed E-state index contributed by atoms with van der Waals surface area (Å²) in [4.78, 5) is 5.05. The fraction of sp³-hybridized carbons (Fsp3) is 0.846. The molecular formula is C13H24N2. The molecule has 0 radical (unpaired) electrons. The minimum Gasteiger partial charge on any atom is -0.374 e. The maximum atomic E-state index is 4.10. The molecule has 0 amide bonds. The molecule has 2 nitrogen and oxygen atoms in total. The van der Waals surface area contributed by atoms with Crippen molar-refractivity contribution in [3.63, 3.8) is 0 Å². The highest BCUT2D eigenvalue weighted by molar-refractivity contribution is 5.12. The van der Waals surface area contributed by atoms with Gasteiger partial charge in [-0.3, -0.25) is 0 Å². The minimum absolute atomic E-state index is 0.646. The van der Waals surface area contributed by atoms with Gasteiger partial charge in [-0.2, -0.15) is 0 Å². The highest BCUT2D eigenvalue weighted by atomic mass is 15.3. The van der Waals surface area contributed by atoms with Gasteiger partial charge in [0.15, 0.2) is 0 Å². The van der Waals surface area contributed by atoms with E-state index in [1.54, 1.807) is 0 Å². The summed E-state index contributed by atoms with van der Waals surface area (Å²) in [5.74, 6) is 0.809. The van der Waals surface area contributed by atoms with Crippen molar-refractivity contribution in [2.45, 2.75) is 27.2 Å². The summed E-state index contributed by atoms with van der Waals surface area (Å²) in [7, 11) is 0. The van der Waals surface area contributed by atoms with E-state index in [4.69, 9.17) is 0 Å². The Kier molecular flexibility index (Phi) is 2.80. The van der Waals surface area contributed by atoms with E-state index < -0.39 is 0 Å². The van der Waals surface area contributed by atoms with Crippen LogP contribution in [0.4, 0.5) is 0 Å². The molecule has 1 spiro atoms. The predicted molar refractivity (Wildman–Crippen MR) is 64.7 cm³/mol. The van der Waals surface area contributed by atoms with Crippen LogP contribution >= 0.6 is 0 Å². The topological polar surface area (TPSA) is 6.48 Å². The Morgan fingerprint density at radius 2 is 1.87 bits per heavy atom. The van der Waals surface area contributed by atoms with Crippen molar-refractivity contribution in [1.82, 2.24) is 9.80 Å². The lowest BCUT2D eigenvalue weighted by molar-refractivity contribution is -0.104. The Morgan fingerprint density at radius 1 is 1.27 bits per heavy atom. The molecule has 2 saturated heterocycles. The third-order valence-electron chi connectivity index (χ3n) is 3.65. The maximum absolute atomic E-state index is 4.10. The van der Waals surface area contributed by atoms with E-state index in [0.717, 1.165) is 12.3 Å². The first-order valence-corrected chi connectivity index (χ1v) is 6.20. The second-order valence-electron chi connectivity index (χ2n) is 5.84. The standard InChI is InChI=1S/C13H24N2/c1-5-12(4)15-9-13(10-15)7-14(8-13)6-11(2)3/h11H,4-10H2,1-3H3. The molecule has 0 N–H and O–H groups in total. The fourth-order valence-electron chi connectivity index (χ4n) is 2.96. The smallest absolute Gasteiger partial charge is 0.0308 e. The molecular weight excluding hydrogens is 184 g/mol. The Hall–Kier alpha value is -0.500. The zero-order valence-electron chi connectivity index (χ0n) is 10.4. The number of hydrogen-bond donors (Lipinski definition) is 0. The summed E-state index contributed by atoms with van der Waals surface area (Å²) in [6, 6.07) is 0. The van der Waals surface area contributed by atoms with Crippen LogP contribution in [-0.2, 0) is 0 Å². The van der Waals surface area contributed by atoms with E-state index >= 15 is 0 Å². The van der Waals surface area contributed by atoms with Gasteiger partial charge in [-0.05, 0) is 12.3 Å². The van der Waals surface area contributed by atoms with Crippen LogP contribution in [-0.4, -0.2) is 42.5 Å². The van der Waals surface area contributed by atoms with Crippen molar-refractivity contribution in [3.05, 3.63) is 12.3 Å². The highest BCUT2D eigenvalue weighted by Gasteiger charge is 2.51. The Balaban J connectivity index is 1.70. The number of hydrogen-bond acceptors (Lipinski definition) is 2. The van der Waals surface area contributed by atoms with Gasteiger partial charge >= 0.3 is 0 Å². The summed E-state index contributed by atoms with van der Waals surface area (Å²) in [5, 5.41) is 0. The van der Waals surface area contributed by atoms with Crippen molar-refractivity contribution in [1.29, 1.82) is 0 Å². The second kappa shape index (κ2) is 3.82. The molecule has 0 saturated carbocycles. The van der Waals surface area contributed by atoms with Crippen LogP contribution in [0.2, 0.25) is 0 Å². The molecule has 2 rings (SSSR count). The number of allylic oxidation sites excluding steroid dienone is 1. The van der Waals surface area contributed by atoms with Crippen LogP contribution in [0.1, 0.15) is 27.2 Å². The van der Waals surface area contributed by atoms with Gasteiger partial charge in [0.05, 0.1) is 0 Å². The van der Waals surface area contributed by atoms with Gasteiger partial charge in [0.25, 0.3) is 0 Å². The number of nitrogens with zero attached hydrogens (tertiary/aromatic N) is 2. The van der Waals surface area contributed by atoms with Gasteiger partial charge in [-0.25, -0.2) is 0 Å². The van der Waals surface area contributed by atoms with Crippen molar-refractivity contribution >= 4 is 0 Å². The Bertz CT molecular complexity index is 243. The monoisotopic (exact) mass is 208 g/mol. The molecule has 15 heavy (non-hydrogen) atoms. The van der Waals surface area contributed by atoms with Gasteiger partial charge < -0.3 is 9.80 Å². The zero-order chi connectivity index (χ0) is 11.1. The van der Waals surface area contributed by atoms with Gasteiger partial charge in [0.1, 0.15) is 0 Å². The van der Waals surface area contributed by atoms with Crippen LogP contribution in [0, 0.1) is 11.3 Å². The first kappa shape index (κ1) is 11.0. The van der Waals surface area contributed by atoms with E-state index in [1.807, 2.05) is 0 Å². The van der Waals surface area contributed by atoms with E-state index in [0.29, 0.717) is 5.41 Å². The lowest BCUT2D eigenvalue weighted by atomic mass is 9.72. The highest BCUT2D eigenvalue weighted by Crippen LogP contribution is 2.41. The quantitative estimate of drug-likeness (QED) is 0.699. The molecule has 0 aromatic carbocycles. The van der Waals surface area contributed by atoms with Crippen LogP contribution < -0.4 is 0 Å². The van der Waals surface area contributed by atoms with E-state index in [9.17, 15) is 0 Å². The normalized spacial score (nSPS) is 24.1. The molecule has 0 unspecified atom stereocenters. The van der Waals surface area contributed by atoms with Gasteiger partial charge in [-0.1, -0.05) is 27.4 Å². The van der Waals surface area contributed by atoms with Gasteiger partial charge in [0.2, 0.25) is 0 Å². The Morgan fingerprint density at radius 3 is 2.33 bits per heavy atom. The summed E-state index contributed by atoms with van der Waals surface area (Å²) in [5.41, 5.74) is 1.97. The molecule has 2 fully saturated rings. The van der Waals surface area contributed by atoms with Crippen LogP contribution in [0.5, 0.6) is 0 Å². The number of rotatable bonds is 4. The average Bonchev–Trinajstić information content (AvgIpc) is 2.05. The van der Waals surface area contributed by atoms with Crippen molar-refractivity contribution in [3.8, 4) is 0 Å².